The molecule has 2 atom stereocenters. The minimum absolute atomic E-state index is 0.0108. The van der Waals surface area contributed by atoms with Gasteiger partial charge in [0, 0.05) is 43.5 Å². The molecule has 1 aromatic carbocycles. The molecule has 0 bridgehead atoms. The van der Waals surface area contributed by atoms with Crippen LogP contribution in [0.1, 0.15) is 32.3 Å². The fraction of sp³-hybridized carbons (Fsp3) is 0.500. The highest BCUT2D eigenvalue weighted by atomic mass is 32.2. The molecule has 182 valence electrons. The molecule has 0 spiro atoms. The summed E-state index contributed by atoms with van der Waals surface area (Å²) < 4.78 is 61.8. The molecule has 2 aromatic rings. The Kier molecular flexibility index (Phi) is 8.11. The Balaban J connectivity index is 1.85. The van der Waals surface area contributed by atoms with Crippen LogP contribution < -0.4 is 9.46 Å². The van der Waals surface area contributed by atoms with Crippen molar-refractivity contribution in [2.45, 2.75) is 49.3 Å². The van der Waals surface area contributed by atoms with Gasteiger partial charge in [0.25, 0.3) is 0 Å². The van der Waals surface area contributed by atoms with Gasteiger partial charge >= 0.3 is 10.2 Å². The average Bonchev–Trinajstić information content (AvgIpc) is 2.66. The van der Waals surface area contributed by atoms with Crippen molar-refractivity contribution < 1.29 is 32.1 Å². The molecule has 1 aromatic heterocycles. The summed E-state index contributed by atoms with van der Waals surface area (Å²) in [5, 5.41) is 19.7. The Hall–Kier alpha value is -2.06. The van der Waals surface area contributed by atoms with Gasteiger partial charge in [-0.25, -0.2) is 13.8 Å². The number of anilines is 1. The Labute approximate surface area is 195 Å². The van der Waals surface area contributed by atoms with Gasteiger partial charge in [-0.1, -0.05) is 23.9 Å². The van der Waals surface area contributed by atoms with Crippen LogP contribution in [0.2, 0.25) is 0 Å². The number of rotatable bonds is 11. The number of hydrogen-bond donors (Lipinski definition) is 3. The van der Waals surface area contributed by atoms with Crippen molar-refractivity contribution in [2.75, 3.05) is 24.4 Å². The van der Waals surface area contributed by atoms with Crippen molar-refractivity contribution in [1.29, 1.82) is 0 Å². The SMILES string of the molecule is C[C@@H](Oc1cc(NS(=O)(=O)N2CCC2)nc(SCc2cccc(F)c2F)n1)C(C)(O)CCO. The van der Waals surface area contributed by atoms with Crippen LogP contribution in [0.25, 0.3) is 0 Å². The summed E-state index contributed by atoms with van der Waals surface area (Å²) >= 11 is 0.964. The number of nitrogens with zero attached hydrogens (tertiary/aromatic N) is 3. The van der Waals surface area contributed by atoms with E-state index in [0.717, 1.165) is 24.2 Å². The van der Waals surface area contributed by atoms with Gasteiger partial charge in [0.15, 0.2) is 16.8 Å². The van der Waals surface area contributed by atoms with Crippen LogP contribution in [0.5, 0.6) is 5.88 Å². The molecule has 1 aliphatic rings. The van der Waals surface area contributed by atoms with Crippen LogP contribution in [0.4, 0.5) is 14.6 Å². The van der Waals surface area contributed by atoms with Gasteiger partial charge in [-0.15, -0.1) is 0 Å². The molecule has 9 nitrogen and oxygen atoms in total. The van der Waals surface area contributed by atoms with Crippen LogP contribution in [-0.2, 0) is 16.0 Å². The first-order valence-corrected chi connectivity index (χ1v) is 12.7. The minimum atomic E-state index is -3.82. The number of hydrogen-bond acceptors (Lipinski definition) is 8. The highest BCUT2D eigenvalue weighted by Gasteiger charge is 2.31. The van der Waals surface area contributed by atoms with Crippen LogP contribution >= 0.6 is 11.8 Å². The Morgan fingerprint density at radius 2 is 2.06 bits per heavy atom. The second-order valence-electron chi connectivity index (χ2n) is 7.83. The van der Waals surface area contributed by atoms with Gasteiger partial charge in [0.05, 0.1) is 0 Å². The van der Waals surface area contributed by atoms with E-state index in [9.17, 15) is 22.3 Å². The Morgan fingerprint density at radius 1 is 1.33 bits per heavy atom. The van der Waals surface area contributed by atoms with Crippen LogP contribution in [0.3, 0.4) is 0 Å². The molecule has 1 fully saturated rings. The number of thioether (sulfide) groups is 1. The van der Waals surface area contributed by atoms with Gasteiger partial charge in [0.1, 0.15) is 17.5 Å². The molecule has 3 rings (SSSR count). The molecule has 13 heteroatoms. The maximum Gasteiger partial charge on any atom is 0.302 e. The number of aliphatic hydroxyl groups is 2. The summed E-state index contributed by atoms with van der Waals surface area (Å²) in [7, 11) is -3.82. The third-order valence-corrected chi connectivity index (χ3v) is 7.66. The lowest BCUT2D eigenvalue weighted by atomic mass is 9.97. The van der Waals surface area contributed by atoms with Crippen molar-refractivity contribution in [3.05, 3.63) is 41.5 Å². The fourth-order valence-electron chi connectivity index (χ4n) is 2.85. The van der Waals surface area contributed by atoms with Crippen molar-refractivity contribution in [2.24, 2.45) is 0 Å². The molecular formula is C20H26F2N4O5S2. The minimum Gasteiger partial charge on any atom is -0.471 e. The van der Waals surface area contributed by atoms with Crippen LogP contribution in [-0.4, -0.2) is 64.3 Å². The first-order valence-electron chi connectivity index (χ1n) is 10.2. The van der Waals surface area contributed by atoms with E-state index in [0.29, 0.717) is 13.1 Å². The Bertz CT molecular complexity index is 1080. The summed E-state index contributed by atoms with van der Waals surface area (Å²) in [5.74, 6) is -2.07. The average molecular weight is 505 g/mol. The zero-order valence-electron chi connectivity index (χ0n) is 18.2. The summed E-state index contributed by atoms with van der Waals surface area (Å²) in [6.07, 6.45) is 0.00297. The normalized spacial score (nSPS) is 17.2. The lowest BCUT2D eigenvalue weighted by Crippen LogP contribution is -2.45. The number of ether oxygens (including phenoxy) is 1. The molecule has 3 N–H and O–H groups in total. The number of aromatic nitrogens is 2. The maximum absolute atomic E-state index is 14.0. The lowest BCUT2D eigenvalue weighted by Gasteiger charge is -2.30. The van der Waals surface area contributed by atoms with Crippen molar-refractivity contribution in [3.63, 3.8) is 0 Å². The molecule has 33 heavy (non-hydrogen) atoms. The van der Waals surface area contributed by atoms with Crippen molar-refractivity contribution in [3.8, 4) is 5.88 Å². The number of aliphatic hydroxyl groups excluding tert-OH is 1. The van der Waals surface area contributed by atoms with Gasteiger partial charge in [0.2, 0.25) is 5.88 Å². The number of benzene rings is 1. The monoisotopic (exact) mass is 504 g/mol. The second-order valence-corrected chi connectivity index (χ2v) is 10.4. The first kappa shape index (κ1) is 25.6. The topological polar surface area (TPSA) is 125 Å². The van der Waals surface area contributed by atoms with Crippen molar-refractivity contribution >= 4 is 27.8 Å². The molecule has 0 saturated carbocycles. The quantitative estimate of drug-likeness (QED) is 0.315. The second kappa shape index (κ2) is 10.5. The molecule has 1 aliphatic heterocycles. The van der Waals surface area contributed by atoms with Crippen LogP contribution in [0.15, 0.2) is 29.4 Å². The molecule has 1 unspecified atom stereocenters. The van der Waals surface area contributed by atoms with E-state index in [-0.39, 0.29) is 41.2 Å². The van der Waals surface area contributed by atoms with Crippen LogP contribution in [0, 0.1) is 11.6 Å². The molecular weight excluding hydrogens is 478 g/mol. The standard InChI is InChI=1S/C20H26F2N4O5S2/c1-13(20(2,28)7-10-27)31-17-11-16(25-33(29,30)26-8-4-9-26)23-19(24-17)32-12-14-5-3-6-15(21)18(14)22/h3,5-6,11,13,27-28H,4,7-10,12H2,1-2H3,(H,23,24,25)/t13-,20?/m1/s1. The van der Waals surface area contributed by atoms with E-state index in [2.05, 4.69) is 14.7 Å². The van der Waals surface area contributed by atoms with E-state index in [1.54, 1.807) is 6.92 Å². The Morgan fingerprint density at radius 3 is 2.70 bits per heavy atom. The summed E-state index contributed by atoms with van der Waals surface area (Å²) in [6.45, 7) is 3.60. The summed E-state index contributed by atoms with van der Waals surface area (Å²) in [6, 6.07) is 5.09. The molecule has 0 aliphatic carbocycles. The predicted molar refractivity (Wildman–Crippen MR) is 119 cm³/mol. The zero-order valence-corrected chi connectivity index (χ0v) is 19.8. The van der Waals surface area contributed by atoms with E-state index >= 15 is 0 Å². The van der Waals surface area contributed by atoms with E-state index in [1.165, 1.54) is 29.4 Å². The molecule has 1 saturated heterocycles. The van der Waals surface area contributed by atoms with Crippen molar-refractivity contribution in [1.82, 2.24) is 14.3 Å². The number of nitrogens with one attached hydrogen (secondary N) is 1. The van der Waals surface area contributed by atoms with Gasteiger partial charge in [-0.05, 0) is 26.3 Å². The first-order chi connectivity index (χ1) is 15.5. The highest BCUT2D eigenvalue weighted by molar-refractivity contribution is 7.98. The zero-order chi connectivity index (χ0) is 24.2. The number of halogens is 2. The third-order valence-electron chi connectivity index (χ3n) is 5.25. The predicted octanol–water partition coefficient (Wildman–Crippen LogP) is 2.31. The highest BCUT2D eigenvalue weighted by Crippen LogP contribution is 2.28. The largest absolute Gasteiger partial charge is 0.471 e. The fourth-order valence-corrected chi connectivity index (χ4v) is 4.91. The van der Waals surface area contributed by atoms with E-state index < -0.39 is 33.5 Å². The van der Waals surface area contributed by atoms with Gasteiger partial charge in [-0.3, -0.25) is 4.72 Å². The van der Waals surface area contributed by atoms with Gasteiger partial charge < -0.3 is 14.9 Å². The third kappa shape index (κ3) is 6.51. The van der Waals surface area contributed by atoms with Gasteiger partial charge in [-0.2, -0.15) is 17.7 Å². The summed E-state index contributed by atoms with van der Waals surface area (Å²) in [5.41, 5.74) is -1.29. The molecule has 2 heterocycles. The lowest BCUT2D eigenvalue weighted by molar-refractivity contribution is -0.0551. The van der Waals surface area contributed by atoms with E-state index in [1.807, 2.05) is 0 Å². The van der Waals surface area contributed by atoms with E-state index in [4.69, 9.17) is 9.84 Å². The summed E-state index contributed by atoms with van der Waals surface area (Å²) in [4.78, 5) is 8.38. The smallest absolute Gasteiger partial charge is 0.302 e. The maximum atomic E-state index is 14.0. The molecule has 0 amide bonds. The molecule has 0 radical (unpaired) electrons.